The quantitative estimate of drug-likeness (QED) is 0.733. The maximum atomic E-state index is 5.44. The van der Waals surface area contributed by atoms with Crippen LogP contribution >= 0.6 is 0 Å². The third kappa shape index (κ3) is 1.44. The van der Waals surface area contributed by atoms with Gasteiger partial charge < -0.3 is 10.3 Å². The summed E-state index contributed by atoms with van der Waals surface area (Å²) in [5, 5.41) is 3.79. The van der Waals surface area contributed by atoms with Crippen LogP contribution in [0.1, 0.15) is 11.4 Å². The minimum atomic E-state index is 0.266. The lowest BCUT2D eigenvalue weighted by molar-refractivity contribution is 0.426. The van der Waals surface area contributed by atoms with Crippen molar-refractivity contribution in [1.82, 2.24) is 15.1 Å². The first-order chi connectivity index (χ1) is 6.66. The third-order valence-electron chi connectivity index (χ3n) is 1.89. The van der Waals surface area contributed by atoms with Crippen LogP contribution in [0.5, 0.6) is 0 Å². The van der Waals surface area contributed by atoms with E-state index < -0.39 is 0 Å². The molecule has 0 aliphatic rings. The second kappa shape index (κ2) is 3.10. The smallest absolute Gasteiger partial charge is 0.220 e. The molecule has 2 rings (SSSR count). The van der Waals surface area contributed by atoms with E-state index in [9.17, 15) is 0 Å². The van der Waals surface area contributed by atoms with Crippen LogP contribution in [-0.4, -0.2) is 15.1 Å². The van der Waals surface area contributed by atoms with E-state index in [1.165, 1.54) is 0 Å². The Morgan fingerprint density at radius 3 is 2.71 bits per heavy atom. The van der Waals surface area contributed by atoms with Crippen molar-refractivity contribution in [3.8, 4) is 11.3 Å². The van der Waals surface area contributed by atoms with Crippen LogP contribution in [0.4, 0.5) is 5.95 Å². The van der Waals surface area contributed by atoms with Crippen molar-refractivity contribution >= 4 is 5.95 Å². The van der Waals surface area contributed by atoms with Gasteiger partial charge in [0.2, 0.25) is 5.95 Å². The summed E-state index contributed by atoms with van der Waals surface area (Å²) < 4.78 is 5.10. The number of nitrogens with zero attached hydrogens (tertiary/aromatic N) is 3. The van der Waals surface area contributed by atoms with Gasteiger partial charge in [-0.3, -0.25) is 0 Å². The molecule has 0 saturated heterocycles. The Morgan fingerprint density at radius 1 is 1.36 bits per heavy atom. The van der Waals surface area contributed by atoms with Gasteiger partial charge in [-0.15, -0.1) is 0 Å². The lowest BCUT2D eigenvalue weighted by Crippen LogP contribution is -1.97. The normalized spacial score (nSPS) is 10.4. The zero-order valence-corrected chi connectivity index (χ0v) is 7.98. The maximum absolute atomic E-state index is 5.44. The minimum absolute atomic E-state index is 0.266. The van der Waals surface area contributed by atoms with E-state index in [0.717, 1.165) is 17.0 Å². The Kier molecular flexibility index (Phi) is 1.92. The van der Waals surface area contributed by atoms with Gasteiger partial charge in [0.1, 0.15) is 0 Å². The number of aryl methyl sites for hydroxylation is 2. The summed E-state index contributed by atoms with van der Waals surface area (Å²) in [5.74, 6) is 0.933. The van der Waals surface area contributed by atoms with E-state index in [4.69, 9.17) is 10.3 Å². The summed E-state index contributed by atoms with van der Waals surface area (Å²) in [5.41, 5.74) is 7.88. The molecule has 2 aromatic rings. The molecular formula is C9H10N4O. The Bertz CT molecular complexity index is 464. The van der Waals surface area contributed by atoms with Crippen LogP contribution in [0.2, 0.25) is 0 Å². The Morgan fingerprint density at radius 2 is 2.14 bits per heavy atom. The van der Waals surface area contributed by atoms with Crippen molar-refractivity contribution in [2.45, 2.75) is 13.8 Å². The Hall–Kier alpha value is -1.91. The topological polar surface area (TPSA) is 77.8 Å². The fraction of sp³-hybridized carbons (Fsp3) is 0.222. The van der Waals surface area contributed by atoms with Gasteiger partial charge in [0, 0.05) is 12.3 Å². The molecule has 0 bridgehead atoms. The third-order valence-corrected chi connectivity index (χ3v) is 1.89. The SMILES string of the molecule is Cc1cc(-c2cnc(N)nc2C)on1. The number of aromatic nitrogens is 3. The highest BCUT2D eigenvalue weighted by atomic mass is 16.5. The molecule has 0 aliphatic carbocycles. The Balaban J connectivity index is 2.52. The summed E-state index contributed by atoms with van der Waals surface area (Å²) in [7, 11) is 0. The molecule has 0 unspecified atom stereocenters. The molecule has 0 fully saturated rings. The van der Waals surface area contributed by atoms with Crippen LogP contribution < -0.4 is 5.73 Å². The van der Waals surface area contributed by atoms with Gasteiger partial charge in [-0.25, -0.2) is 9.97 Å². The number of rotatable bonds is 1. The summed E-state index contributed by atoms with van der Waals surface area (Å²) in [6.07, 6.45) is 1.64. The molecule has 5 heteroatoms. The van der Waals surface area contributed by atoms with E-state index >= 15 is 0 Å². The molecule has 0 amide bonds. The number of nitrogen functional groups attached to an aromatic ring is 1. The predicted octanol–water partition coefficient (Wildman–Crippen LogP) is 1.33. The Labute approximate surface area is 81.0 Å². The van der Waals surface area contributed by atoms with E-state index in [1.807, 2.05) is 19.9 Å². The van der Waals surface area contributed by atoms with Crippen molar-refractivity contribution in [1.29, 1.82) is 0 Å². The minimum Gasteiger partial charge on any atom is -0.368 e. The van der Waals surface area contributed by atoms with Gasteiger partial charge in [-0.2, -0.15) is 0 Å². The molecule has 2 aromatic heterocycles. The molecule has 0 saturated carbocycles. The zero-order chi connectivity index (χ0) is 10.1. The summed E-state index contributed by atoms with van der Waals surface area (Å²) in [4.78, 5) is 7.94. The molecule has 0 atom stereocenters. The van der Waals surface area contributed by atoms with Gasteiger partial charge >= 0.3 is 0 Å². The fourth-order valence-electron chi connectivity index (χ4n) is 1.22. The van der Waals surface area contributed by atoms with Crippen molar-refractivity contribution < 1.29 is 4.52 Å². The summed E-state index contributed by atoms with van der Waals surface area (Å²) >= 11 is 0. The van der Waals surface area contributed by atoms with Gasteiger partial charge in [0.25, 0.3) is 0 Å². The number of hydrogen-bond acceptors (Lipinski definition) is 5. The maximum Gasteiger partial charge on any atom is 0.220 e. The molecule has 0 radical (unpaired) electrons. The summed E-state index contributed by atoms with van der Waals surface area (Å²) in [6.45, 7) is 3.71. The molecular weight excluding hydrogens is 180 g/mol. The van der Waals surface area contributed by atoms with E-state index in [-0.39, 0.29) is 5.95 Å². The molecule has 2 heterocycles. The van der Waals surface area contributed by atoms with E-state index in [1.54, 1.807) is 6.20 Å². The van der Waals surface area contributed by atoms with Crippen molar-refractivity contribution in [3.05, 3.63) is 23.7 Å². The van der Waals surface area contributed by atoms with Gasteiger partial charge in [-0.1, -0.05) is 5.16 Å². The van der Waals surface area contributed by atoms with Crippen molar-refractivity contribution in [3.63, 3.8) is 0 Å². The molecule has 5 nitrogen and oxygen atoms in total. The molecule has 0 spiro atoms. The highest BCUT2D eigenvalue weighted by Gasteiger charge is 2.08. The zero-order valence-electron chi connectivity index (χ0n) is 7.98. The monoisotopic (exact) mass is 190 g/mol. The first-order valence-electron chi connectivity index (χ1n) is 4.19. The molecule has 72 valence electrons. The summed E-state index contributed by atoms with van der Waals surface area (Å²) in [6, 6.07) is 1.84. The molecule has 14 heavy (non-hydrogen) atoms. The second-order valence-electron chi connectivity index (χ2n) is 3.06. The average molecular weight is 190 g/mol. The largest absolute Gasteiger partial charge is 0.368 e. The molecule has 2 N–H and O–H groups in total. The first kappa shape index (κ1) is 8.68. The van der Waals surface area contributed by atoms with Crippen LogP contribution in [0.15, 0.2) is 16.8 Å². The van der Waals surface area contributed by atoms with Crippen LogP contribution in [-0.2, 0) is 0 Å². The second-order valence-corrected chi connectivity index (χ2v) is 3.06. The lowest BCUT2D eigenvalue weighted by Gasteiger charge is -1.99. The van der Waals surface area contributed by atoms with Gasteiger partial charge in [-0.05, 0) is 13.8 Å². The first-order valence-corrected chi connectivity index (χ1v) is 4.19. The van der Waals surface area contributed by atoms with Crippen LogP contribution in [0, 0.1) is 13.8 Å². The van der Waals surface area contributed by atoms with E-state index in [0.29, 0.717) is 5.76 Å². The van der Waals surface area contributed by atoms with Crippen molar-refractivity contribution in [2.24, 2.45) is 0 Å². The van der Waals surface area contributed by atoms with Gasteiger partial charge in [0.15, 0.2) is 5.76 Å². The number of nitrogens with two attached hydrogens (primary N) is 1. The molecule has 0 aliphatic heterocycles. The van der Waals surface area contributed by atoms with Crippen molar-refractivity contribution in [2.75, 3.05) is 5.73 Å². The highest BCUT2D eigenvalue weighted by molar-refractivity contribution is 5.59. The fourth-order valence-corrected chi connectivity index (χ4v) is 1.22. The standard InChI is InChI=1S/C9H10N4O/c1-5-3-8(14-13-5)7-4-11-9(10)12-6(7)2/h3-4H,1-2H3,(H2,10,11,12). The number of anilines is 1. The average Bonchev–Trinajstić information content (AvgIpc) is 2.51. The van der Waals surface area contributed by atoms with E-state index in [2.05, 4.69) is 15.1 Å². The lowest BCUT2D eigenvalue weighted by atomic mass is 10.2. The molecule has 0 aromatic carbocycles. The number of hydrogen-bond donors (Lipinski definition) is 1. The van der Waals surface area contributed by atoms with Crippen LogP contribution in [0.3, 0.4) is 0 Å². The highest BCUT2D eigenvalue weighted by Crippen LogP contribution is 2.21. The van der Waals surface area contributed by atoms with Crippen LogP contribution in [0.25, 0.3) is 11.3 Å². The van der Waals surface area contributed by atoms with Gasteiger partial charge in [0.05, 0.1) is 17.0 Å². The predicted molar refractivity (Wildman–Crippen MR) is 51.4 cm³/mol.